The molecule has 0 bridgehead atoms. The zero-order valence-electron chi connectivity index (χ0n) is 19.7. The molecule has 0 spiro atoms. The molecule has 3 rings (SSSR count). The molecule has 0 aromatic carbocycles. The number of rotatable bonds is 8. The number of aromatic nitrogens is 3. The van der Waals surface area contributed by atoms with Gasteiger partial charge in [-0.3, -0.25) is 14.0 Å². The van der Waals surface area contributed by atoms with Gasteiger partial charge in [-0.25, -0.2) is 4.98 Å². The molecule has 8 nitrogen and oxygen atoms in total. The van der Waals surface area contributed by atoms with Crippen LogP contribution in [0.25, 0.3) is 16.7 Å². The Morgan fingerprint density at radius 2 is 2.15 bits per heavy atom. The molecule has 0 aliphatic carbocycles. The van der Waals surface area contributed by atoms with Crippen molar-refractivity contribution in [1.29, 1.82) is 5.26 Å². The SMILES string of the molecule is CS/C=C/C=C/C(=O)N=c1c(C#N)cc2c(=O)n3cccc(C)c3nc2n1CCCOC(C)C. The van der Waals surface area contributed by atoms with E-state index in [1.165, 1.54) is 28.3 Å². The minimum absolute atomic E-state index is 0.0757. The lowest BCUT2D eigenvalue weighted by Gasteiger charge is -2.14. The highest BCUT2D eigenvalue weighted by atomic mass is 32.2. The summed E-state index contributed by atoms with van der Waals surface area (Å²) in [5, 5.41) is 12.0. The number of ether oxygens (including phenoxy) is 1. The zero-order valence-corrected chi connectivity index (χ0v) is 20.5. The van der Waals surface area contributed by atoms with Crippen molar-refractivity contribution in [2.75, 3.05) is 12.9 Å². The third-order valence-corrected chi connectivity index (χ3v) is 5.41. The van der Waals surface area contributed by atoms with Gasteiger partial charge in [0.2, 0.25) is 0 Å². The first-order chi connectivity index (χ1) is 16.4. The maximum Gasteiger partial charge on any atom is 0.271 e. The number of nitrogens with zero attached hydrogens (tertiary/aromatic N) is 5. The predicted molar refractivity (Wildman–Crippen MR) is 134 cm³/mol. The van der Waals surface area contributed by atoms with Crippen molar-refractivity contribution in [2.24, 2.45) is 4.99 Å². The van der Waals surface area contributed by atoms with Crippen LogP contribution in [0.15, 0.2) is 57.8 Å². The first-order valence-corrected chi connectivity index (χ1v) is 12.2. The van der Waals surface area contributed by atoms with Crippen molar-refractivity contribution >= 4 is 34.3 Å². The maximum atomic E-state index is 13.3. The largest absolute Gasteiger partial charge is 0.379 e. The Morgan fingerprint density at radius 1 is 1.35 bits per heavy atom. The molecule has 3 aromatic heterocycles. The van der Waals surface area contributed by atoms with Crippen LogP contribution in [0, 0.1) is 18.3 Å². The smallest absolute Gasteiger partial charge is 0.271 e. The summed E-state index contributed by atoms with van der Waals surface area (Å²) in [6, 6.07) is 7.20. The van der Waals surface area contributed by atoms with Gasteiger partial charge in [0.25, 0.3) is 11.5 Å². The number of fused-ring (bicyclic) bond motifs is 2. The number of carbonyl (C=O) groups is 1. The van der Waals surface area contributed by atoms with Crippen LogP contribution in [-0.4, -0.2) is 38.8 Å². The lowest BCUT2D eigenvalue weighted by molar-refractivity contribution is -0.113. The molecule has 1 amide bonds. The standard InChI is InChI=1S/C25H27N5O3S/c1-17(2)33-13-8-12-29-23(27-21(31)10-5-6-14-34-4)19(16-26)15-20-24(29)28-22-18(3)9-7-11-30(22)25(20)32/h5-7,9-11,14-15,17H,8,12-13H2,1-4H3/b10-5+,14-6+,27-23?. The van der Waals surface area contributed by atoms with Crippen LogP contribution in [0.1, 0.15) is 31.4 Å². The molecule has 34 heavy (non-hydrogen) atoms. The molecule has 0 radical (unpaired) electrons. The van der Waals surface area contributed by atoms with Crippen LogP contribution in [0.3, 0.4) is 0 Å². The number of aryl methyl sites for hydroxylation is 2. The van der Waals surface area contributed by atoms with Crippen molar-refractivity contribution in [2.45, 2.75) is 39.8 Å². The van der Waals surface area contributed by atoms with E-state index in [-0.39, 0.29) is 28.1 Å². The molecule has 3 heterocycles. The van der Waals surface area contributed by atoms with Crippen LogP contribution in [0.2, 0.25) is 0 Å². The highest BCUT2D eigenvalue weighted by molar-refractivity contribution is 8.01. The van der Waals surface area contributed by atoms with Crippen LogP contribution < -0.4 is 11.0 Å². The summed E-state index contributed by atoms with van der Waals surface area (Å²) >= 11 is 1.51. The number of amides is 1. The van der Waals surface area contributed by atoms with Gasteiger partial charge in [0.15, 0.2) is 5.49 Å². The van der Waals surface area contributed by atoms with E-state index < -0.39 is 5.91 Å². The molecule has 9 heteroatoms. The number of hydrogen-bond donors (Lipinski definition) is 0. The lowest BCUT2D eigenvalue weighted by Crippen LogP contribution is -2.30. The Balaban J connectivity index is 2.28. The topological polar surface area (TPSA) is 102 Å². The van der Waals surface area contributed by atoms with Crippen LogP contribution in [0.4, 0.5) is 0 Å². The van der Waals surface area contributed by atoms with E-state index in [0.29, 0.717) is 30.9 Å². The number of pyridine rings is 2. The first kappa shape index (κ1) is 25.1. The second-order valence-electron chi connectivity index (χ2n) is 7.83. The van der Waals surface area contributed by atoms with E-state index in [9.17, 15) is 14.9 Å². The Morgan fingerprint density at radius 3 is 2.85 bits per heavy atom. The Hall–Kier alpha value is -3.48. The summed E-state index contributed by atoms with van der Waals surface area (Å²) in [5.41, 5.74) is 1.74. The fourth-order valence-corrected chi connectivity index (χ4v) is 3.69. The average molecular weight is 478 g/mol. The van der Waals surface area contributed by atoms with Gasteiger partial charge in [-0.05, 0) is 56.6 Å². The van der Waals surface area contributed by atoms with E-state index in [1.807, 2.05) is 38.5 Å². The molecule has 0 saturated heterocycles. The maximum absolute atomic E-state index is 13.3. The fraction of sp³-hybridized carbons (Fsp3) is 0.320. The van der Waals surface area contributed by atoms with Gasteiger partial charge in [-0.15, -0.1) is 11.8 Å². The molecule has 0 atom stereocenters. The van der Waals surface area contributed by atoms with E-state index in [4.69, 9.17) is 9.72 Å². The van der Waals surface area contributed by atoms with Crippen LogP contribution in [-0.2, 0) is 16.1 Å². The molecule has 0 aliphatic rings. The molecule has 0 aliphatic heterocycles. The van der Waals surface area contributed by atoms with Crippen LogP contribution in [0.5, 0.6) is 0 Å². The second-order valence-corrected chi connectivity index (χ2v) is 8.57. The summed E-state index contributed by atoms with van der Waals surface area (Å²) in [7, 11) is 0. The molecule has 3 aromatic rings. The normalized spacial score (nSPS) is 12.5. The number of allylic oxidation sites excluding steroid dienone is 2. The van der Waals surface area contributed by atoms with Gasteiger partial charge in [-0.2, -0.15) is 10.3 Å². The Bertz CT molecular complexity index is 1440. The summed E-state index contributed by atoms with van der Waals surface area (Å²) in [4.78, 5) is 34.8. The van der Waals surface area contributed by atoms with E-state index >= 15 is 0 Å². The molecule has 0 saturated carbocycles. The molecule has 0 N–H and O–H groups in total. The Kier molecular flexibility index (Phi) is 8.57. The quantitative estimate of drug-likeness (QED) is 0.213. The summed E-state index contributed by atoms with van der Waals surface area (Å²) < 4.78 is 8.80. The van der Waals surface area contributed by atoms with Crippen molar-refractivity contribution < 1.29 is 9.53 Å². The summed E-state index contributed by atoms with van der Waals surface area (Å²) in [6.07, 6.45) is 8.89. The minimum Gasteiger partial charge on any atom is -0.379 e. The van der Waals surface area contributed by atoms with Gasteiger partial charge < -0.3 is 9.30 Å². The fourth-order valence-electron chi connectivity index (χ4n) is 3.45. The molecular weight excluding hydrogens is 450 g/mol. The highest BCUT2D eigenvalue weighted by Gasteiger charge is 2.15. The molecule has 0 fully saturated rings. The molecule has 176 valence electrons. The van der Waals surface area contributed by atoms with Crippen molar-refractivity contribution in [1.82, 2.24) is 14.0 Å². The molecule has 0 unspecified atom stereocenters. The number of hydrogen-bond acceptors (Lipinski definition) is 6. The predicted octanol–water partition coefficient (Wildman–Crippen LogP) is 3.50. The van der Waals surface area contributed by atoms with Gasteiger partial charge in [0.1, 0.15) is 17.4 Å². The third-order valence-electron chi connectivity index (χ3n) is 4.98. The number of thioether (sulfide) groups is 1. The van der Waals surface area contributed by atoms with E-state index in [2.05, 4.69) is 11.1 Å². The first-order valence-electron chi connectivity index (χ1n) is 10.9. The second kappa shape index (κ2) is 11.6. The minimum atomic E-state index is -0.512. The van der Waals surface area contributed by atoms with Gasteiger partial charge >= 0.3 is 0 Å². The van der Waals surface area contributed by atoms with Gasteiger partial charge in [0, 0.05) is 25.4 Å². The Labute approximate surface area is 201 Å². The zero-order chi connectivity index (χ0) is 24.7. The monoisotopic (exact) mass is 477 g/mol. The molecular formula is C25H27N5O3S. The number of nitriles is 1. The highest BCUT2D eigenvalue weighted by Crippen LogP contribution is 2.13. The average Bonchev–Trinajstić information content (AvgIpc) is 2.81. The van der Waals surface area contributed by atoms with Gasteiger partial charge in [-0.1, -0.05) is 18.2 Å². The summed E-state index contributed by atoms with van der Waals surface area (Å²) in [6.45, 7) is 6.62. The van der Waals surface area contributed by atoms with E-state index in [1.54, 1.807) is 29.0 Å². The van der Waals surface area contributed by atoms with Crippen molar-refractivity contribution in [3.63, 3.8) is 0 Å². The summed E-state index contributed by atoms with van der Waals surface area (Å²) in [5.74, 6) is -0.512. The van der Waals surface area contributed by atoms with Crippen molar-refractivity contribution in [3.8, 4) is 6.07 Å². The van der Waals surface area contributed by atoms with Gasteiger partial charge in [0.05, 0.1) is 17.1 Å². The lowest BCUT2D eigenvalue weighted by atomic mass is 10.2. The van der Waals surface area contributed by atoms with Crippen molar-refractivity contribution in [3.05, 3.63) is 75.0 Å². The third kappa shape index (κ3) is 5.71. The number of carbonyl (C=O) groups excluding carboxylic acids is 1. The van der Waals surface area contributed by atoms with E-state index in [0.717, 1.165) is 5.56 Å². The van der Waals surface area contributed by atoms with Crippen LogP contribution >= 0.6 is 11.8 Å².